The summed E-state index contributed by atoms with van der Waals surface area (Å²) < 4.78 is 44.4. The van der Waals surface area contributed by atoms with Gasteiger partial charge in [-0.1, -0.05) is 77.0 Å². The van der Waals surface area contributed by atoms with Crippen LogP contribution in [0.25, 0.3) is 0 Å². The van der Waals surface area contributed by atoms with Crippen LogP contribution >= 0.6 is 0 Å². The maximum Gasteiger partial charge on any atom is 0.320 e. The molecule has 0 fully saturated rings. The van der Waals surface area contributed by atoms with Crippen LogP contribution in [0.2, 0.25) is 24.2 Å². The van der Waals surface area contributed by atoms with E-state index in [1.165, 1.54) is 103 Å². The summed E-state index contributed by atoms with van der Waals surface area (Å²) in [7, 11) is 8.56. The van der Waals surface area contributed by atoms with Gasteiger partial charge < -0.3 is 35.4 Å². The first-order chi connectivity index (χ1) is 20.0. The summed E-state index contributed by atoms with van der Waals surface area (Å²) in [6.45, 7) is 0. The van der Waals surface area contributed by atoms with Gasteiger partial charge in [0.05, 0.1) is 0 Å². The maximum atomic E-state index is 5.55. The van der Waals surface area contributed by atoms with Gasteiger partial charge in [-0.05, 0) is 55.3 Å². The number of hydrogen-bond acceptors (Lipinski definition) is 8. The predicted molar refractivity (Wildman–Crippen MR) is 180 cm³/mol. The molecule has 0 radical (unpaired) electrons. The van der Waals surface area contributed by atoms with E-state index in [0.29, 0.717) is 5.41 Å². The second-order valence-corrected chi connectivity index (χ2v) is 21.0. The van der Waals surface area contributed by atoms with Crippen LogP contribution in [0.1, 0.15) is 103 Å². The van der Waals surface area contributed by atoms with Gasteiger partial charge in [0.1, 0.15) is 0 Å². The third-order valence-electron chi connectivity index (χ3n) is 8.69. The molecule has 0 heterocycles. The summed E-state index contributed by atoms with van der Waals surface area (Å²) in [5.41, 5.74) is 0.442. The molecule has 0 aliphatic heterocycles. The van der Waals surface area contributed by atoms with Crippen molar-refractivity contribution in [2.24, 2.45) is 5.41 Å². The average Bonchev–Trinajstić information content (AvgIpc) is 3.00. The van der Waals surface area contributed by atoms with E-state index in [2.05, 4.69) is 0 Å². The fourth-order valence-corrected chi connectivity index (χ4v) is 11.2. The Hall–Kier alpha value is 0.548. The Morgan fingerprint density at radius 2 is 0.488 bits per heavy atom. The highest BCUT2D eigenvalue weighted by Gasteiger charge is 2.28. The molecule has 0 unspecified atom stereocenters. The van der Waals surface area contributed by atoms with Crippen molar-refractivity contribution in [1.29, 1.82) is 0 Å². The largest absolute Gasteiger partial charge is 0.400 e. The highest BCUT2D eigenvalue weighted by atomic mass is 28.3. The third-order valence-corrected chi connectivity index (χ3v) is 16.4. The minimum atomic E-state index is -1.45. The minimum absolute atomic E-state index is 0.442. The molecule has 0 bridgehead atoms. The van der Waals surface area contributed by atoms with Crippen molar-refractivity contribution < 1.29 is 35.4 Å². The summed E-state index contributed by atoms with van der Waals surface area (Å²) in [5.74, 6) is 0. The molecule has 41 heavy (non-hydrogen) atoms. The molecule has 0 atom stereocenters. The first-order valence-electron chi connectivity index (χ1n) is 16.2. The minimum Gasteiger partial charge on any atom is -0.400 e. The fourth-order valence-electron chi connectivity index (χ4n) is 6.03. The topological polar surface area (TPSA) is 73.8 Å². The molecule has 0 rings (SSSR count). The zero-order chi connectivity index (χ0) is 30.6. The molecule has 12 heteroatoms. The quantitative estimate of drug-likeness (QED) is 0.0620. The molecule has 0 N–H and O–H groups in total. The summed E-state index contributed by atoms with van der Waals surface area (Å²) in [4.78, 5) is 0. The van der Waals surface area contributed by atoms with Gasteiger partial charge in [0.2, 0.25) is 0 Å². The van der Waals surface area contributed by atoms with Crippen molar-refractivity contribution in [3.8, 4) is 0 Å². The van der Waals surface area contributed by atoms with E-state index < -0.39 is 37.1 Å². The lowest BCUT2D eigenvalue weighted by molar-refractivity contribution is 0.172. The van der Waals surface area contributed by atoms with E-state index in [1.807, 2.05) is 0 Å². The molecular weight excluding hydrogens is 589 g/mol. The lowest BCUT2D eigenvalue weighted by Crippen LogP contribution is -2.23. The average molecular weight is 657 g/mol. The van der Waals surface area contributed by atoms with Gasteiger partial charge in [-0.2, -0.15) is 0 Å². The Labute approximate surface area is 261 Å². The van der Waals surface area contributed by atoms with Gasteiger partial charge in [0, 0.05) is 56.9 Å². The van der Waals surface area contributed by atoms with Gasteiger partial charge in [-0.25, -0.2) is 0 Å². The molecule has 8 nitrogen and oxygen atoms in total. The van der Waals surface area contributed by atoms with Gasteiger partial charge >= 0.3 is 37.1 Å². The molecule has 0 aliphatic carbocycles. The van der Waals surface area contributed by atoms with Crippen LogP contribution in [-0.2, 0) is 35.4 Å². The second-order valence-electron chi connectivity index (χ2n) is 11.5. The fraction of sp³-hybridized carbons (Fsp3) is 1.00. The van der Waals surface area contributed by atoms with Crippen LogP contribution < -0.4 is 0 Å². The lowest BCUT2D eigenvalue weighted by atomic mass is 9.70. The molecule has 0 aromatic heterocycles. The van der Waals surface area contributed by atoms with E-state index in [1.54, 1.807) is 56.9 Å². The smallest absolute Gasteiger partial charge is 0.320 e. The predicted octanol–water partition coefficient (Wildman–Crippen LogP) is 6.27. The van der Waals surface area contributed by atoms with E-state index in [9.17, 15) is 0 Å². The van der Waals surface area contributed by atoms with Crippen LogP contribution in [0.5, 0.6) is 0 Å². The first-order valence-corrected chi connectivity index (χ1v) is 23.2. The molecule has 0 saturated carbocycles. The van der Waals surface area contributed by atoms with Gasteiger partial charge in [-0.15, -0.1) is 0 Å². The van der Waals surface area contributed by atoms with E-state index in [0.717, 1.165) is 24.2 Å². The van der Waals surface area contributed by atoms with Crippen molar-refractivity contribution in [1.82, 2.24) is 0 Å². The summed E-state index contributed by atoms with van der Waals surface area (Å²) in [6.07, 6.45) is 20.6. The molecule has 0 aliphatic rings. The van der Waals surface area contributed by atoms with Crippen LogP contribution in [0.4, 0.5) is 0 Å². The molecule has 0 amide bonds. The van der Waals surface area contributed by atoms with Crippen LogP contribution in [0.3, 0.4) is 0 Å². The van der Waals surface area contributed by atoms with E-state index in [4.69, 9.17) is 35.4 Å². The monoisotopic (exact) mass is 656 g/mol. The Kier molecular flexibility index (Phi) is 29.7. The van der Waals surface area contributed by atoms with Crippen molar-refractivity contribution in [2.75, 3.05) is 56.9 Å². The third kappa shape index (κ3) is 21.8. The molecule has 0 spiro atoms. The van der Waals surface area contributed by atoms with Crippen molar-refractivity contribution in [2.45, 2.75) is 127 Å². The Morgan fingerprint density at radius 3 is 0.659 bits per heavy atom. The number of hydrogen-bond donors (Lipinski definition) is 0. The highest BCUT2D eigenvalue weighted by molar-refractivity contribution is 6.45. The summed E-state index contributed by atoms with van der Waals surface area (Å²) in [5, 5.41) is 0. The second kappa shape index (κ2) is 29.3. The van der Waals surface area contributed by atoms with Gasteiger partial charge in [0.25, 0.3) is 0 Å². The summed E-state index contributed by atoms with van der Waals surface area (Å²) >= 11 is 0. The Bertz CT molecular complexity index is 443. The molecule has 0 saturated heterocycles. The summed E-state index contributed by atoms with van der Waals surface area (Å²) in [6, 6.07) is 4.44. The zero-order valence-electron chi connectivity index (χ0n) is 28.2. The normalized spacial score (nSPS) is 12.6. The molecular formula is C29H68O8Si4. The lowest BCUT2D eigenvalue weighted by Gasteiger charge is -2.35. The first kappa shape index (κ1) is 41.5. The standard InChI is InChI=1S/C29H68O8Si4/c1-30-38(31-2)25-17-9-13-21-29(22-14-10-18-26-39(32-3)33-4,23-15-11-19-27-40(34-5)35-6)24-16-12-20-28-41(36-7)37-8/h38-41H,9-28H2,1-8H3. The van der Waals surface area contributed by atoms with E-state index in [-0.39, 0.29) is 0 Å². The molecule has 248 valence electrons. The Balaban J connectivity index is 5.19. The van der Waals surface area contributed by atoms with Gasteiger partial charge in [0.15, 0.2) is 0 Å². The highest BCUT2D eigenvalue weighted by Crippen LogP contribution is 2.42. The zero-order valence-corrected chi connectivity index (χ0v) is 32.8. The molecule has 0 aromatic rings. The van der Waals surface area contributed by atoms with Crippen molar-refractivity contribution in [3.63, 3.8) is 0 Å². The SMILES string of the molecule is CO[SiH](CCCCCC(CCCCC[SiH](OC)OC)(CCCCC[SiH](OC)OC)CCCCC[SiH](OC)OC)OC. The van der Waals surface area contributed by atoms with Crippen LogP contribution in [0.15, 0.2) is 0 Å². The number of unbranched alkanes of at least 4 members (excludes halogenated alkanes) is 8. The van der Waals surface area contributed by atoms with Crippen LogP contribution in [0, 0.1) is 5.41 Å². The Morgan fingerprint density at radius 1 is 0.293 bits per heavy atom. The van der Waals surface area contributed by atoms with Crippen molar-refractivity contribution >= 4 is 37.1 Å². The van der Waals surface area contributed by atoms with Crippen LogP contribution in [-0.4, -0.2) is 94.0 Å². The van der Waals surface area contributed by atoms with Crippen molar-refractivity contribution in [3.05, 3.63) is 0 Å². The maximum absolute atomic E-state index is 5.55. The molecule has 0 aromatic carbocycles. The number of rotatable bonds is 32. The van der Waals surface area contributed by atoms with E-state index >= 15 is 0 Å². The van der Waals surface area contributed by atoms with Gasteiger partial charge in [-0.3, -0.25) is 0 Å².